The normalized spacial score (nSPS) is 12.2. The van der Waals surface area contributed by atoms with Crippen LogP contribution in [0.25, 0.3) is 0 Å². The summed E-state index contributed by atoms with van der Waals surface area (Å²) in [5, 5.41) is 17.3. The lowest BCUT2D eigenvalue weighted by molar-refractivity contribution is 0.0310. The number of carbonyl (C=O) groups excluding carboxylic acids is 1. The zero-order chi connectivity index (χ0) is 14.3. The van der Waals surface area contributed by atoms with Gasteiger partial charge in [0.15, 0.2) is 5.69 Å². The quantitative estimate of drug-likeness (QED) is 0.540. The van der Waals surface area contributed by atoms with Crippen molar-refractivity contribution in [3.63, 3.8) is 0 Å². The van der Waals surface area contributed by atoms with Crippen molar-refractivity contribution in [2.45, 2.75) is 26.5 Å². The standard InChI is InChI=1S/C12H19N3O4/c1-4-6-19-12(17)11-9(3)15(14-13-11)7-10(16)8-18-5-2/h4,10,16H,1,5-8H2,2-3H3. The Bertz CT molecular complexity index is 431. The fourth-order valence-corrected chi connectivity index (χ4v) is 1.43. The van der Waals surface area contributed by atoms with Gasteiger partial charge >= 0.3 is 5.97 Å². The molecular weight excluding hydrogens is 250 g/mol. The molecule has 7 nitrogen and oxygen atoms in total. The van der Waals surface area contributed by atoms with Gasteiger partial charge in [0.05, 0.1) is 24.9 Å². The molecule has 0 saturated heterocycles. The number of aliphatic hydroxyl groups is 1. The minimum Gasteiger partial charge on any atom is -0.457 e. The Labute approximate surface area is 111 Å². The van der Waals surface area contributed by atoms with Crippen LogP contribution in [-0.4, -0.2) is 52.0 Å². The van der Waals surface area contributed by atoms with Crippen LogP contribution >= 0.6 is 0 Å². The lowest BCUT2D eigenvalue weighted by Gasteiger charge is -2.11. The molecule has 0 aliphatic rings. The van der Waals surface area contributed by atoms with E-state index >= 15 is 0 Å². The van der Waals surface area contributed by atoms with E-state index in [1.54, 1.807) is 6.92 Å². The van der Waals surface area contributed by atoms with Crippen LogP contribution in [-0.2, 0) is 16.0 Å². The van der Waals surface area contributed by atoms with Crippen molar-refractivity contribution < 1.29 is 19.4 Å². The van der Waals surface area contributed by atoms with Crippen molar-refractivity contribution in [3.05, 3.63) is 24.0 Å². The molecule has 0 amide bonds. The molecule has 0 aliphatic carbocycles. The third-order valence-electron chi connectivity index (χ3n) is 2.41. The summed E-state index contributed by atoms with van der Waals surface area (Å²) in [6.45, 7) is 8.08. The number of ether oxygens (including phenoxy) is 2. The third-order valence-corrected chi connectivity index (χ3v) is 2.41. The van der Waals surface area contributed by atoms with Gasteiger partial charge in [-0.1, -0.05) is 17.9 Å². The number of esters is 1. The zero-order valence-corrected chi connectivity index (χ0v) is 11.2. The van der Waals surface area contributed by atoms with Crippen LogP contribution < -0.4 is 0 Å². The highest BCUT2D eigenvalue weighted by Gasteiger charge is 2.18. The van der Waals surface area contributed by atoms with E-state index in [4.69, 9.17) is 9.47 Å². The summed E-state index contributed by atoms with van der Waals surface area (Å²) in [5.74, 6) is -0.553. The Kier molecular flexibility index (Phi) is 6.17. The average molecular weight is 269 g/mol. The van der Waals surface area contributed by atoms with Crippen molar-refractivity contribution >= 4 is 5.97 Å². The van der Waals surface area contributed by atoms with Gasteiger partial charge in [0.2, 0.25) is 0 Å². The number of nitrogens with zero attached hydrogens (tertiary/aromatic N) is 3. The molecule has 0 aromatic carbocycles. The molecule has 1 rings (SSSR count). The van der Waals surface area contributed by atoms with E-state index in [2.05, 4.69) is 16.9 Å². The highest BCUT2D eigenvalue weighted by Crippen LogP contribution is 2.06. The van der Waals surface area contributed by atoms with E-state index < -0.39 is 12.1 Å². The Morgan fingerprint density at radius 1 is 1.63 bits per heavy atom. The summed E-state index contributed by atoms with van der Waals surface area (Å²) in [4.78, 5) is 11.6. The van der Waals surface area contributed by atoms with Gasteiger partial charge in [-0.3, -0.25) is 0 Å². The topological polar surface area (TPSA) is 86.5 Å². The molecule has 19 heavy (non-hydrogen) atoms. The molecule has 1 atom stereocenters. The average Bonchev–Trinajstić information content (AvgIpc) is 2.75. The highest BCUT2D eigenvalue weighted by molar-refractivity contribution is 5.88. The molecule has 1 N–H and O–H groups in total. The monoisotopic (exact) mass is 269 g/mol. The molecule has 1 unspecified atom stereocenters. The molecule has 0 fully saturated rings. The van der Waals surface area contributed by atoms with Crippen LogP contribution in [0.3, 0.4) is 0 Å². The Balaban J connectivity index is 2.64. The predicted octanol–water partition coefficient (Wildman–Crippen LogP) is 0.327. The second kappa shape index (κ2) is 7.65. The van der Waals surface area contributed by atoms with Gasteiger partial charge in [0, 0.05) is 6.61 Å². The van der Waals surface area contributed by atoms with E-state index in [0.717, 1.165) is 0 Å². The fourth-order valence-electron chi connectivity index (χ4n) is 1.43. The van der Waals surface area contributed by atoms with Gasteiger partial charge in [0.25, 0.3) is 0 Å². The summed E-state index contributed by atoms with van der Waals surface area (Å²) < 4.78 is 11.4. The molecule has 1 heterocycles. The Morgan fingerprint density at radius 3 is 3.00 bits per heavy atom. The van der Waals surface area contributed by atoms with Gasteiger partial charge in [-0.05, 0) is 13.8 Å². The van der Waals surface area contributed by atoms with Crippen molar-refractivity contribution in [1.82, 2.24) is 15.0 Å². The Morgan fingerprint density at radius 2 is 2.37 bits per heavy atom. The Hall–Kier alpha value is -1.73. The number of hydrogen-bond donors (Lipinski definition) is 1. The van der Waals surface area contributed by atoms with Gasteiger partial charge < -0.3 is 14.6 Å². The maximum Gasteiger partial charge on any atom is 0.361 e. The smallest absolute Gasteiger partial charge is 0.361 e. The number of rotatable bonds is 8. The van der Waals surface area contributed by atoms with Crippen molar-refractivity contribution in [3.8, 4) is 0 Å². The van der Waals surface area contributed by atoms with Gasteiger partial charge in [-0.25, -0.2) is 9.48 Å². The SMILES string of the molecule is C=CCOC(=O)c1nnn(CC(O)COCC)c1C. The van der Waals surface area contributed by atoms with E-state index in [1.165, 1.54) is 10.8 Å². The van der Waals surface area contributed by atoms with E-state index in [-0.39, 0.29) is 25.5 Å². The lowest BCUT2D eigenvalue weighted by Crippen LogP contribution is -2.23. The second-order valence-electron chi connectivity index (χ2n) is 3.91. The summed E-state index contributed by atoms with van der Waals surface area (Å²) in [7, 11) is 0. The molecule has 0 spiro atoms. The molecule has 0 radical (unpaired) electrons. The maximum atomic E-state index is 11.6. The lowest BCUT2D eigenvalue weighted by atomic mass is 10.3. The second-order valence-corrected chi connectivity index (χ2v) is 3.91. The molecule has 1 aromatic heterocycles. The summed E-state index contributed by atoms with van der Waals surface area (Å²) in [6, 6.07) is 0. The summed E-state index contributed by atoms with van der Waals surface area (Å²) >= 11 is 0. The van der Waals surface area contributed by atoms with Crippen LogP contribution in [0.4, 0.5) is 0 Å². The van der Waals surface area contributed by atoms with Gasteiger partial charge in [0.1, 0.15) is 6.61 Å². The first-order valence-electron chi connectivity index (χ1n) is 6.04. The van der Waals surface area contributed by atoms with Crippen molar-refractivity contribution in [2.24, 2.45) is 0 Å². The van der Waals surface area contributed by atoms with Crippen LogP contribution in [0.5, 0.6) is 0 Å². The minimum absolute atomic E-state index is 0.123. The first-order chi connectivity index (χ1) is 9.10. The van der Waals surface area contributed by atoms with Crippen molar-refractivity contribution in [1.29, 1.82) is 0 Å². The molecule has 0 aliphatic heterocycles. The minimum atomic E-state index is -0.697. The highest BCUT2D eigenvalue weighted by atomic mass is 16.5. The summed E-state index contributed by atoms with van der Waals surface area (Å²) in [5.41, 5.74) is 0.690. The molecule has 1 aromatic rings. The first kappa shape index (κ1) is 15.3. The van der Waals surface area contributed by atoms with Crippen LogP contribution in [0, 0.1) is 6.92 Å². The molecule has 0 bridgehead atoms. The summed E-state index contributed by atoms with van der Waals surface area (Å²) in [6.07, 6.45) is 0.779. The number of hydrogen-bond acceptors (Lipinski definition) is 6. The maximum absolute atomic E-state index is 11.6. The van der Waals surface area contributed by atoms with Crippen LogP contribution in [0.2, 0.25) is 0 Å². The number of carbonyl (C=O) groups is 1. The van der Waals surface area contributed by atoms with E-state index in [0.29, 0.717) is 12.3 Å². The molecule has 106 valence electrons. The largest absolute Gasteiger partial charge is 0.457 e. The fraction of sp³-hybridized carbons (Fsp3) is 0.583. The van der Waals surface area contributed by atoms with Crippen LogP contribution in [0.15, 0.2) is 12.7 Å². The number of aliphatic hydroxyl groups excluding tert-OH is 1. The molecule has 7 heteroatoms. The van der Waals surface area contributed by atoms with Gasteiger partial charge in [-0.15, -0.1) is 5.10 Å². The van der Waals surface area contributed by atoms with E-state index in [9.17, 15) is 9.90 Å². The molecule has 0 saturated carbocycles. The van der Waals surface area contributed by atoms with Gasteiger partial charge in [-0.2, -0.15) is 0 Å². The molecular formula is C12H19N3O4. The first-order valence-corrected chi connectivity index (χ1v) is 6.04. The van der Waals surface area contributed by atoms with Crippen molar-refractivity contribution in [2.75, 3.05) is 19.8 Å². The third kappa shape index (κ3) is 4.46. The zero-order valence-electron chi connectivity index (χ0n) is 11.2. The number of aromatic nitrogens is 3. The van der Waals surface area contributed by atoms with Crippen LogP contribution in [0.1, 0.15) is 23.1 Å². The van der Waals surface area contributed by atoms with E-state index in [1.807, 2.05) is 6.92 Å². The predicted molar refractivity (Wildman–Crippen MR) is 67.7 cm³/mol.